The fourth-order valence-corrected chi connectivity index (χ4v) is 3.97. The van der Waals surface area contributed by atoms with Gasteiger partial charge in [-0.05, 0) is 48.7 Å². The van der Waals surface area contributed by atoms with Crippen molar-refractivity contribution in [1.82, 2.24) is 9.80 Å². The number of aryl methyl sites for hydroxylation is 2. The summed E-state index contributed by atoms with van der Waals surface area (Å²) in [5.74, 6) is 0.173. The highest BCUT2D eigenvalue weighted by Crippen LogP contribution is 2.26. The van der Waals surface area contributed by atoms with Gasteiger partial charge >= 0.3 is 0 Å². The van der Waals surface area contributed by atoms with Crippen molar-refractivity contribution < 1.29 is 14.0 Å². The molecule has 2 aromatic carbocycles. The molecule has 1 saturated heterocycles. The van der Waals surface area contributed by atoms with Crippen molar-refractivity contribution in [2.75, 3.05) is 31.5 Å². The minimum absolute atomic E-state index is 0.0642. The van der Waals surface area contributed by atoms with E-state index in [9.17, 15) is 9.59 Å². The molecular formula is C25H27N3O3. The number of hydrogen-bond donors (Lipinski definition) is 1. The summed E-state index contributed by atoms with van der Waals surface area (Å²) in [6, 6.07) is 18.8. The van der Waals surface area contributed by atoms with Gasteiger partial charge in [0.15, 0.2) is 5.76 Å². The van der Waals surface area contributed by atoms with Gasteiger partial charge in [0.05, 0.1) is 6.26 Å². The van der Waals surface area contributed by atoms with E-state index in [2.05, 4.69) is 10.2 Å². The Morgan fingerprint density at radius 1 is 0.935 bits per heavy atom. The van der Waals surface area contributed by atoms with E-state index in [0.29, 0.717) is 31.9 Å². The quantitative estimate of drug-likeness (QED) is 0.681. The van der Waals surface area contributed by atoms with Crippen molar-refractivity contribution in [3.63, 3.8) is 0 Å². The maximum Gasteiger partial charge on any atom is 0.289 e. The number of amides is 2. The first-order chi connectivity index (χ1) is 15.0. The first-order valence-corrected chi connectivity index (χ1v) is 10.5. The van der Waals surface area contributed by atoms with Gasteiger partial charge in [0, 0.05) is 31.9 Å². The highest BCUT2D eigenvalue weighted by Gasteiger charge is 2.32. The van der Waals surface area contributed by atoms with Crippen LogP contribution in [0.3, 0.4) is 0 Å². The highest BCUT2D eigenvalue weighted by molar-refractivity contribution is 5.96. The van der Waals surface area contributed by atoms with Crippen LogP contribution in [-0.2, 0) is 4.79 Å². The molecule has 3 aromatic rings. The fraction of sp³-hybridized carbons (Fsp3) is 0.280. The molecule has 1 fully saturated rings. The van der Waals surface area contributed by atoms with Gasteiger partial charge in [-0.3, -0.25) is 14.5 Å². The van der Waals surface area contributed by atoms with Gasteiger partial charge < -0.3 is 14.6 Å². The molecule has 0 unspecified atom stereocenters. The Balaban J connectivity index is 1.52. The van der Waals surface area contributed by atoms with Crippen LogP contribution in [0.1, 0.15) is 33.3 Å². The molecule has 0 spiro atoms. The van der Waals surface area contributed by atoms with E-state index in [1.54, 1.807) is 17.0 Å². The smallest absolute Gasteiger partial charge is 0.289 e. The van der Waals surface area contributed by atoms with Gasteiger partial charge in [0.2, 0.25) is 5.91 Å². The van der Waals surface area contributed by atoms with E-state index in [-0.39, 0.29) is 11.8 Å². The summed E-state index contributed by atoms with van der Waals surface area (Å²) in [6.45, 7) is 6.29. The van der Waals surface area contributed by atoms with Crippen LogP contribution < -0.4 is 5.32 Å². The number of anilines is 1. The van der Waals surface area contributed by atoms with Crippen molar-refractivity contribution in [1.29, 1.82) is 0 Å². The maximum atomic E-state index is 13.4. The zero-order chi connectivity index (χ0) is 21.8. The summed E-state index contributed by atoms with van der Waals surface area (Å²) in [7, 11) is 0. The molecule has 1 aromatic heterocycles. The Bertz CT molecular complexity index is 1040. The number of nitrogens with one attached hydrogen (secondary N) is 1. The third-order valence-corrected chi connectivity index (χ3v) is 5.71. The molecule has 0 aliphatic carbocycles. The molecule has 1 atom stereocenters. The molecule has 0 bridgehead atoms. The van der Waals surface area contributed by atoms with E-state index in [1.165, 1.54) is 6.26 Å². The van der Waals surface area contributed by atoms with Crippen molar-refractivity contribution in [3.05, 3.63) is 89.4 Å². The van der Waals surface area contributed by atoms with Crippen molar-refractivity contribution in [3.8, 4) is 0 Å². The van der Waals surface area contributed by atoms with Gasteiger partial charge in [0.1, 0.15) is 6.04 Å². The topological polar surface area (TPSA) is 65.8 Å². The lowest BCUT2D eigenvalue weighted by Crippen LogP contribution is -2.51. The first-order valence-electron chi connectivity index (χ1n) is 10.5. The number of furan rings is 1. The molecule has 6 nitrogen and oxygen atoms in total. The minimum atomic E-state index is -0.429. The molecule has 160 valence electrons. The second kappa shape index (κ2) is 9.18. The Morgan fingerprint density at radius 3 is 2.35 bits per heavy atom. The van der Waals surface area contributed by atoms with Crippen LogP contribution in [-0.4, -0.2) is 47.8 Å². The third-order valence-electron chi connectivity index (χ3n) is 5.71. The number of carbonyl (C=O) groups is 2. The monoisotopic (exact) mass is 417 g/mol. The van der Waals surface area contributed by atoms with Gasteiger partial charge in [-0.1, -0.05) is 42.5 Å². The number of rotatable bonds is 5. The van der Waals surface area contributed by atoms with E-state index in [0.717, 1.165) is 22.4 Å². The molecule has 6 heteroatoms. The molecule has 0 radical (unpaired) electrons. The molecule has 1 N–H and O–H groups in total. The van der Waals surface area contributed by atoms with Gasteiger partial charge in [-0.2, -0.15) is 0 Å². The van der Waals surface area contributed by atoms with Crippen LogP contribution in [0, 0.1) is 13.8 Å². The standard InChI is InChI=1S/C25H27N3O3/c1-18-10-11-19(2)21(17-18)26-24(29)23(20-7-4-3-5-8-20)27-12-14-28(15-13-27)25(30)22-9-6-16-31-22/h3-11,16-17,23H,12-15H2,1-2H3,(H,26,29)/t23-/m0/s1. The fourth-order valence-electron chi connectivity index (χ4n) is 3.97. The van der Waals surface area contributed by atoms with E-state index >= 15 is 0 Å². The van der Waals surface area contributed by atoms with Crippen LogP contribution in [0.4, 0.5) is 5.69 Å². The molecule has 4 rings (SSSR count). The maximum absolute atomic E-state index is 13.4. The lowest BCUT2D eigenvalue weighted by atomic mass is 10.0. The summed E-state index contributed by atoms with van der Waals surface area (Å²) in [4.78, 5) is 29.9. The predicted molar refractivity (Wildman–Crippen MR) is 120 cm³/mol. The summed E-state index contributed by atoms with van der Waals surface area (Å²) < 4.78 is 5.25. The minimum Gasteiger partial charge on any atom is -0.459 e. The summed E-state index contributed by atoms with van der Waals surface area (Å²) >= 11 is 0. The van der Waals surface area contributed by atoms with Gasteiger partial charge in [-0.25, -0.2) is 0 Å². The molecule has 2 amide bonds. The van der Waals surface area contributed by atoms with Crippen LogP contribution in [0.5, 0.6) is 0 Å². The zero-order valence-electron chi connectivity index (χ0n) is 17.9. The highest BCUT2D eigenvalue weighted by atomic mass is 16.3. The van der Waals surface area contributed by atoms with E-state index in [4.69, 9.17) is 4.42 Å². The van der Waals surface area contributed by atoms with E-state index in [1.807, 2.05) is 62.4 Å². The first kappa shape index (κ1) is 20.9. The number of carbonyl (C=O) groups excluding carboxylic acids is 2. The van der Waals surface area contributed by atoms with Crippen LogP contribution in [0.25, 0.3) is 0 Å². The molecule has 31 heavy (non-hydrogen) atoms. The summed E-state index contributed by atoms with van der Waals surface area (Å²) in [5.41, 5.74) is 3.90. The van der Waals surface area contributed by atoms with Gasteiger partial charge in [0.25, 0.3) is 5.91 Å². The number of nitrogens with zero attached hydrogens (tertiary/aromatic N) is 2. The van der Waals surface area contributed by atoms with Crippen LogP contribution >= 0.6 is 0 Å². The average molecular weight is 418 g/mol. The summed E-state index contributed by atoms with van der Waals surface area (Å²) in [6.07, 6.45) is 1.51. The predicted octanol–water partition coefficient (Wildman–Crippen LogP) is 4.03. The van der Waals surface area contributed by atoms with E-state index < -0.39 is 6.04 Å². The Kier molecular flexibility index (Phi) is 6.18. The Morgan fingerprint density at radius 2 is 1.68 bits per heavy atom. The van der Waals surface area contributed by atoms with Crippen LogP contribution in [0.15, 0.2) is 71.3 Å². The Labute approximate surface area is 182 Å². The molecule has 0 saturated carbocycles. The molecular weight excluding hydrogens is 390 g/mol. The normalized spacial score (nSPS) is 15.5. The number of piperazine rings is 1. The molecule has 2 heterocycles. The van der Waals surface area contributed by atoms with Crippen molar-refractivity contribution >= 4 is 17.5 Å². The lowest BCUT2D eigenvalue weighted by molar-refractivity contribution is -0.122. The Hall–Kier alpha value is -3.38. The van der Waals surface area contributed by atoms with Crippen molar-refractivity contribution in [2.24, 2.45) is 0 Å². The van der Waals surface area contributed by atoms with Gasteiger partial charge in [-0.15, -0.1) is 0 Å². The lowest BCUT2D eigenvalue weighted by Gasteiger charge is -2.38. The number of hydrogen-bond acceptors (Lipinski definition) is 4. The molecule has 1 aliphatic heterocycles. The SMILES string of the molecule is Cc1ccc(C)c(NC(=O)[C@H](c2ccccc2)N2CCN(C(=O)c3ccco3)CC2)c1. The molecule has 1 aliphatic rings. The second-order valence-corrected chi connectivity index (χ2v) is 7.93. The third kappa shape index (κ3) is 4.70. The van der Waals surface area contributed by atoms with Crippen LogP contribution in [0.2, 0.25) is 0 Å². The number of benzene rings is 2. The largest absolute Gasteiger partial charge is 0.459 e. The van der Waals surface area contributed by atoms with Crippen molar-refractivity contribution in [2.45, 2.75) is 19.9 Å². The second-order valence-electron chi connectivity index (χ2n) is 7.93. The summed E-state index contributed by atoms with van der Waals surface area (Å²) in [5, 5.41) is 3.13. The average Bonchev–Trinajstić information content (AvgIpc) is 3.32. The zero-order valence-corrected chi connectivity index (χ0v) is 17.9.